The van der Waals surface area contributed by atoms with Crippen LogP contribution in [-0.4, -0.2) is 32.1 Å². The van der Waals surface area contributed by atoms with Crippen LogP contribution in [0.4, 0.5) is 0 Å². The Hall–Kier alpha value is -2.53. The lowest BCUT2D eigenvalue weighted by Gasteiger charge is -2.16. The zero-order valence-electron chi connectivity index (χ0n) is 12.8. The Kier molecular flexibility index (Phi) is 5.01. The summed E-state index contributed by atoms with van der Waals surface area (Å²) in [7, 11) is 3.09. The molecule has 0 aliphatic carbocycles. The van der Waals surface area contributed by atoms with Gasteiger partial charge in [0.05, 0.1) is 7.11 Å². The molecule has 1 N–H and O–H groups in total. The molecule has 2 aromatic rings. The summed E-state index contributed by atoms with van der Waals surface area (Å²) in [5.41, 5.74) is 1.76. The van der Waals surface area contributed by atoms with Gasteiger partial charge in [-0.1, -0.05) is 18.2 Å². The Bertz CT molecular complexity index is 719. The van der Waals surface area contributed by atoms with Gasteiger partial charge in [0.25, 0.3) is 0 Å². The molecule has 0 heterocycles. The van der Waals surface area contributed by atoms with Crippen LogP contribution in [-0.2, 0) is 9.53 Å². The van der Waals surface area contributed by atoms with Gasteiger partial charge >= 0.3 is 5.97 Å². The van der Waals surface area contributed by atoms with E-state index in [1.807, 2.05) is 25.1 Å². The Morgan fingerprint density at radius 1 is 1.32 bits per heavy atom. The van der Waals surface area contributed by atoms with Gasteiger partial charge in [-0.3, -0.25) is 0 Å². The number of fused-ring (bicyclic) bond motifs is 1. The number of ether oxygens (including phenoxy) is 3. The van der Waals surface area contributed by atoms with Crippen LogP contribution in [0.25, 0.3) is 16.8 Å². The number of benzene rings is 2. The molecule has 5 heteroatoms. The van der Waals surface area contributed by atoms with Gasteiger partial charge < -0.3 is 19.3 Å². The van der Waals surface area contributed by atoms with Gasteiger partial charge in [0.2, 0.25) is 0 Å². The van der Waals surface area contributed by atoms with Crippen LogP contribution in [0.15, 0.2) is 30.3 Å². The Morgan fingerprint density at radius 3 is 2.73 bits per heavy atom. The fourth-order valence-corrected chi connectivity index (χ4v) is 2.33. The lowest BCUT2D eigenvalue weighted by Crippen LogP contribution is -2.02. The molecule has 2 rings (SSSR count). The second-order valence-electron chi connectivity index (χ2n) is 4.72. The summed E-state index contributed by atoms with van der Waals surface area (Å²) in [6.07, 6.45) is 2.65. The van der Waals surface area contributed by atoms with Crippen molar-refractivity contribution in [3.8, 4) is 11.5 Å². The Morgan fingerprint density at radius 2 is 2.09 bits per heavy atom. The maximum absolute atomic E-state index is 10.8. The average molecular weight is 302 g/mol. The van der Waals surface area contributed by atoms with E-state index in [9.17, 15) is 4.79 Å². The summed E-state index contributed by atoms with van der Waals surface area (Å²) < 4.78 is 16.0. The standard InChI is InChI=1S/C17H18O5/c1-11-5-4-6-13-12(7-8-15(18)19)9-14(21-3)17(16(11)13)22-10-20-2/h4-9H,10H2,1-3H3,(H,18,19)/b8-7+. The zero-order valence-corrected chi connectivity index (χ0v) is 12.8. The molecule has 0 saturated heterocycles. The fraction of sp³-hybridized carbons (Fsp3) is 0.235. The highest BCUT2D eigenvalue weighted by molar-refractivity contribution is 6.00. The maximum atomic E-state index is 10.8. The van der Waals surface area contributed by atoms with Crippen LogP contribution in [0.2, 0.25) is 0 Å². The van der Waals surface area contributed by atoms with Crippen molar-refractivity contribution < 1.29 is 24.1 Å². The Labute approximate surface area is 128 Å². The lowest BCUT2D eigenvalue weighted by molar-refractivity contribution is -0.131. The van der Waals surface area contributed by atoms with Crippen molar-refractivity contribution in [2.75, 3.05) is 21.0 Å². The molecule has 0 spiro atoms. The lowest BCUT2D eigenvalue weighted by atomic mass is 9.98. The van der Waals surface area contributed by atoms with Crippen LogP contribution in [0, 0.1) is 6.92 Å². The van der Waals surface area contributed by atoms with Gasteiger partial charge in [0.1, 0.15) is 0 Å². The summed E-state index contributed by atoms with van der Waals surface area (Å²) in [5, 5.41) is 10.6. The van der Waals surface area contributed by atoms with Crippen molar-refractivity contribution >= 4 is 22.8 Å². The number of hydrogen-bond acceptors (Lipinski definition) is 4. The van der Waals surface area contributed by atoms with E-state index in [1.54, 1.807) is 26.4 Å². The molecule has 0 atom stereocenters. The second-order valence-corrected chi connectivity index (χ2v) is 4.72. The van der Waals surface area contributed by atoms with Crippen molar-refractivity contribution in [2.45, 2.75) is 6.92 Å². The summed E-state index contributed by atoms with van der Waals surface area (Å²) in [4.78, 5) is 10.8. The van der Waals surface area contributed by atoms with Crippen molar-refractivity contribution in [3.05, 3.63) is 41.5 Å². The molecule has 0 amide bonds. The summed E-state index contributed by atoms with van der Waals surface area (Å²) in [6.45, 7) is 2.07. The molecule has 22 heavy (non-hydrogen) atoms. The first-order valence-corrected chi connectivity index (χ1v) is 6.71. The molecule has 5 nitrogen and oxygen atoms in total. The maximum Gasteiger partial charge on any atom is 0.328 e. The van der Waals surface area contributed by atoms with Gasteiger partial charge in [-0.15, -0.1) is 0 Å². The predicted octanol–water partition coefficient (Wildman–Crippen LogP) is 3.24. The van der Waals surface area contributed by atoms with Crippen molar-refractivity contribution in [3.63, 3.8) is 0 Å². The highest BCUT2D eigenvalue weighted by Gasteiger charge is 2.15. The molecule has 0 fully saturated rings. The van der Waals surface area contributed by atoms with Gasteiger partial charge in [0.15, 0.2) is 18.3 Å². The second kappa shape index (κ2) is 6.95. The molecule has 2 aromatic carbocycles. The van der Waals surface area contributed by atoms with Crippen LogP contribution < -0.4 is 9.47 Å². The number of aliphatic carboxylic acids is 1. The molecular formula is C17H18O5. The number of rotatable bonds is 6. The van der Waals surface area contributed by atoms with Gasteiger partial charge in [-0.2, -0.15) is 0 Å². The van der Waals surface area contributed by atoms with Gasteiger partial charge in [0, 0.05) is 18.6 Å². The number of methoxy groups -OCH3 is 2. The van der Waals surface area contributed by atoms with Gasteiger partial charge in [-0.05, 0) is 35.6 Å². The fourth-order valence-electron chi connectivity index (χ4n) is 2.33. The molecule has 0 saturated carbocycles. The molecule has 0 aromatic heterocycles. The highest BCUT2D eigenvalue weighted by atomic mass is 16.7. The topological polar surface area (TPSA) is 65.0 Å². The average Bonchev–Trinajstić information content (AvgIpc) is 2.50. The first-order chi connectivity index (χ1) is 10.6. The van der Waals surface area contributed by atoms with E-state index < -0.39 is 5.97 Å². The molecule has 0 radical (unpaired) electrons. The molecule has 0 unspecified atom stereocenters. The largest absolute Gasteiger partial charge is 0.493 e. The third-order valence-corrected chi connectivity index (χ3v) is 3.27. The number of hydrogen-bond donors (Lipinski definition) is 1. The first-order valence-electron chi connectivity index (χ1n) is 6.71. The summed E-state index contributed by atoms with van der Waals surface area (Å²) in [5.74, 6) is 0.119. The number of carbonyl (C=O) groups is 1. The zero-order chi connectivity index (χ0) is 16.1. The van der Waals surface area contributed by atoms with E-state index in [0.29, 0.717) is 11.5 Å². The van der Waals surface area contributed by atoms with E-state index in [1.165, 1.54) is 0 Å². The normalized spacial score (nSPS) is 11.0. The van der Waals surface area contributed by atoms with Crippen molar-refractivity contribution in [1.82, 2.24) is 0 Å². The van der Waals surface area contributed by atoms with Crippen LogP contribution >= 0.6 is 0 Å². The van der Waals surface area contributed by atoms with E-state index in [4.69, 9.17) is 19.3 Å². The number of carboxylic acids is 1. The van der Waals surface area contributed by atoms with Crippen LogP contribution in [0.1, 0.15) is 11.1 Å². The number of aryl methyl sites for hydroxylation is 1. The minimum absolute atomic E-state index is 0.101. The highest BCUT2D eigenvalue weighted by Crippen LogP contribution is 2.40. The Balaban J connectivity index is 2.73. The molecule has 0 aliphatic rings. The van der Waals surface area contributed by atoms with Crippen LogP contribution in [0.3, 0.4) is 0 Å². The quantitative estimate of drug-likeness (QED) is 0.655. The van der Waals surface area contributed by atoms with E-state index >= 15 is 0 Å². The molecule has 0 bridgehead atoms. The predicted molar refractivity (Wildman–Crippen MR) is 84.4 cm³/mol. The smallest absolute Gasteiger partial charge is 0.328 e. The minimum Gasteiger partial charge on any atom is -0.493 e. The van der Waals surface area contributed by atoms with E-state index in [0.717, 1.165) is 28.0 Å². The van der Waals surface area contributed by atoms with Crippen LogP contribution in [0.5, 0.6) is 11.5 Å². The third kappa shape index (κ3) is 3.20. The summed E-state index contributed by atoms with van der Waals surface area (Å²) in [6, 6.07) is 7.56. The SMILES string of the molecule is COCOc1c(OC)cc(/C=C/C(=O)O)c2cccc(C)c12. The molecule has 0 aliphatic heterocycles. The van der Waals surface area contributed by atoms with E-state index in [2.05, 4.69) is 0 Å². The number of carboxylic acid groups (broad SMARTS) is 1. The third-order valence-electron chi connectivity index (χ3n) is 3.27. The monoisotopic (exact) mass is 302 g/mol. The van der Waals surface area contributed by atoms with Crippen molar-refractivity contribution in [1.29, 1.82) is 0 Å². The molecular weight excluding hydrogens is 284 g/mol. The molecule has 116 valence electrons. The van der Waals surface area contributed by atoms with Gasteiger partial charge in [-0.25, -0.2) is 4.79 Å². The first kappa shape index (κ1) is 15.9. The minimum atomic E-state index is -1.00. The summed E-state index contributed by atoms with van der Waals surface area (Å²) >= 11 is 0. The van der Waals surface area contributed by atoms with Crippen molar-refractivity contribution in [2.24, 2.45) is 0 Å². The van der Waals surface area contributed by atoms with E-state index in [-0.39, 0.29) is 6.79 Å².